The van der Waals surface area contributed by atoms with Crippen molar-refractivity contribution >= 4 is 11.8 Å². The number of carbonyl (C=O) groups excluding carboxylic acids is 2. The predicted molar refractivity (Wildman–Crippen MR) is 91.3 cm³/mol. The summed E-state index contributed by atoms with van der Waals surface area (Å²) in [6.45, 7) is 7.01. The number of nitrogens with zero attached hydrogens (tertiary/aromatic N) is 1. The number of benzene rings is 1. The molecule has 1 aromatic rings. The largest absolute Gasteiger partial charge is 0.497 e. The molecule has 1 unspecified atom stereocenters. The Labute approximate surface area is 139 Å². The van der Waals surface area contributed by atoms with Crippen molar-refractivity contribution in [1.82, 2.24) is 10.2 Å². The fraction of sp³-hybridized carbons (Fsp3) is 0.556. The summed E-state index contributed by atoms with van der Waals surface area (Å²) < 4.78 is 5.15. The standard InChI is InChI=1S/C18H28N2O3/c1-5-7-12-20(6-2)18(22)13-17(19-14(3)21)15-8-10-16(23-4)11-9-15/h8-11,17H,5-7,12-13H2,1-4H3,(H,19,21). The fourth-order valence-electron chi connectivity index (χ4n) is 2.45. The van der Waals surface area contributed by atoms with Gasteiger partial charge in [0, 0.05) is 20.0 Å². The molecule has 1 atom stereocenters. The molecular formula is C18H28N2O3. The molecule has 5 nitrogen and oxygen atoms in total. The molecule has 128 valence electrons. The molecule has 1 rings (SSSR count). The zero-order valence-corrected chi connectivity index (χ0v) is 14.6. The van der Waals surface area contributed by atoms with Gasteiger partial charge >= 0.3 is 0 Å². The summed E-state index contributed by atoms with van der Waals surface area (Å²) in [5.74, 6) is 0.672. The van der Waals surface area contributed by atoms with E-state index < -0.39 is 0 Å². The summed E-state index contributed by atoms with van der Waals surface area (Å²) in [7, 11) is 1.61. The van der Waals surface area contributed by atoms with Gasteiger partial charge in [0.05, 0.1) is 19.6 Å². The molecule has 0 saturated heterocycles. The number of hydrogen-bond acceptors (Lipinski definition) is 3. The average Bonchev–Trinajstić information content (AvgIpc) is 2.54. The molecule has 1 N–H and O–H groups in total. The van der Waals surface area contributed by atoms with Crippen LogP contribution in [0, 0.1) is 0 Å². The maximum atomic E-state index is 12.5. The minimum absolute atomic E-state index is 0.0653. The second-order valence-electron chi connectivity index (χ2n) is 5.56. The lowest BCUT2D eigenvalue weighted by Crippen LogP contribution is -2.36. The first-order valence-electron chi connectivity index (χ1n) is 8.20. The van der Waals surface area contributed by atoms with E-state index in [1.165, 1.54) is 6.92 Å². The van der Waals surface area contributed by atoms with E-state index in [1.807, 2.05) is 36.1 Å². The highest BCUT2D eigenvalue weighted by molar-refractivity contribution is 5.79. The van der Waals surface area contributed by atoms with Crippen molar-refractivity contribution in [2.75, 3.05) is 20.2 Å². The van der Waals surface area contributed by atoms with Gasteiger partial charge in [0.1, 0.15) is 5.75 Å². The van der Waals surface area contributed by atoms with Crippen molar-refractivity contribution in [2.24, 2.45) is 0 Å². The van der Waals surface area contributed by atoms with E-state index in [2.05, 4.69) is 12.2 Å². The molecule has 0 aliphatic carbocycles. The topological polar surface area (TPSA) is 58.6 Å². The first-order valence-corrected chi connectivity index (χ1v) is 8.20. The molecule has 0 saturated carbocycles. The maximum Gasteiger partial charge on any atom is 0.224 e. The highest BCUT2D eigenvalue weighted by Crippen LogP contribution is 2.21. The lowest BCUT2D eigenvalue weighted by atomic mass is 10.0. The number of rotatable bonds is 9. The van der Waals surface area contributed by atoms with E-state index in [9.17, 15) is 9.59 Å². The second kappa shape index (κ2) is 9.87. The SMILES string of the molecule is CCCCN(CC)C(=O)CC(NC(C)=O)c1ccc(OC)cc1. The molecule has 0 radical (unpaired) electrons. The number of methoxy groups -OCH3 is 1. The van der Waals surface area contributed by atoms with Gasteiger partial charge in [0.2, 0.25) is 11.8 Å². The van der Waals surface area contributed by atoms with Crippen LogP contribution in [-0.4, -0.2) is 36.9 Å². The van der Waals surface area contributed by atoms with Crippen molar-refractivity contribution < 1.29 is 14.3 Å². The Morgan fingerprint density at radius 3 is 2.35 bits per heavy atom. The molecule has 0 aliphatic rings. The third-order valence-corrected chi connectivity index (χ3v) is 3.79. The van der Waals surface area contributed by atoms with Crippen molar-refractivity contribution in [3.05, 3.63) is 29.8 Å². The summed E-state index contributed by atoms with van der Waals surface area (Å²) in [5.41, 5.74) is 0.904. The van der Waals surface area contributed by atoms with Crippen LogP contribution in [0.2, 0.25) is 0 Å². The third kappa shape index (κ3) is 6.30. The monoisotopic (exact) mass is 320 g/mol. The summed E-state index contributed by atoms with van der Waals surface area (Å²) in [4.78, 5) is 25.9. The van der Waals surface area contributed by atoms with Crippen LogP contribution in [0.5, 0.6) is 5.75 Å². The first-order chi connectivity index (χ1) is 11.0. The number of amides is 2. The Morgan fingerprint density at radius 2 is 1.87 bits per heavy atom. The predicted octanol–water partition coefficient (Wildman–Crippen LogP) is 2.91. The van der Waals surface area contributed by atoms with Crippen molar-refractivity contribution in [2.45, 2.75) is 46.1 Å². The minimum Gasteiger partial charge on any atom is -0.497 e. The molecule has 2 amide bonds. The summed E-state index contributed by atoms with van der Waals surface area (Å²) in [5, 5.41) is 2.87. The van der Waals surface area contributed by atoms with Crippen LogP contribution >= 0.6 is 0 Å². The molecule has 0 fully saturated rings. The minimum atomic E-state index is -0.318. The van der Waals surface area contributed by atoms with E-state index in [1.54, 1.807) is 7.11 Å². The Bertz CT molecular complexity index is 499. The number of ether oxygens (including phenoxy) is 1. The van der Waals surface area contributed by atoms with Gasteiger partial charge in [-0.15, -0.1) is 0 Å². The van der Waals surface area contributed by atoms with E-state index in [4.69, 9.17) is 4.74 Å². The first kappa shape index (κ1) is 19.0. The van der Waals surface area contributed by atoms with Crippen LogP contribution in [0.25, 0.3) is 0 Å². The molecule has 0 heterocycles. The summed E-state index contributed by atoms with van der Waals surface area (Å²) >= 11 is 0. The average molecular weight is 320 g/mol. The van der Waals surface area contributed by atoms with Gasteiger partial charge in [-0.2, -0.15) is 0 Å². The highest BCUT2D eigenvalue weighted by atomic mass is 16.5. The van der Waals surface area contributed by atoms with E-state index >= 15 is 0 Å². The molecule has 0 aliphatic heterocycles. The third-order valence-electron chi connectivity index (χ3n) is 3.79. The smallest absolute Gasteiger partial charge is 0.224 e. The van der Waals surface area contributed by atoms with E-state index in [-0.39, 0.29) is 24.3 Å². The Hall–Kier alpha value is -2.04. The van der Waals surface area contributed by atoms with Crippen LogP contribution in [0.15, 0.2) is 24.3 Å². The van der Waals surface area contributed by atoms with Gasteiger partial charge in [-0.05, 0) is 31.0 Å². The van der Waals surface area contributed by atoms with Gasteiger partial charge in [0.25, 0.3) is 0 Å². The van der Waals surface area contributed by atoms with E-state index in [0.29, 0.717) is 6.54 Å². The molecular weight excluding hydrogens is 292 g/mol. The fourth-order valence-corrected chi connectivity index (χ4v) is 2.45. The van der Waals surface area contributed by atoms with Gasteiger partial charge in [-0.1, -0.05) is 25.5 Å². The molecule has 0 bridgehead atoms. The van der Waals surface area contributed by atoms with Gasteiger partial charge in [-0.3, -0.25) is 9.59 Å². The lowest BCUT2D eigenvalue weighted by Gasteiger charge is -2.24. The zero-order valence-electron chi connectivity index (χ0n) is 14.6. The summed E-state index contributed by atoms with van der Waals surface area (Å²) in [6, 6.07) is 7.12. The summed E-state index contributed by atoms with van der Waals surface area (Å²) in [6.07, 6.45) is 2.31. The van der Waals surface area contributed by atoms with Crippen LogP contribution in [-0.2, 0) is 9.59 Å². The van der Waals surface area contributed by atoms with Crippen LogP contribution in [0.1, 0.15) is 51.6 Å². The van der Waals surface area contributed by atoms with Crippen LogP contribution in [0.4, 0.5) is 0 Å². The Morgan fingerprint density at radius 1 is 1.22 bits per heavy atom. The normalized spacial score (nSPS) is 11.7. The van der Waals surface area contributed by atoms with Crippen molar-refractivity contribution in [3.63, 3.8) is 0 Å². The molecule has 1 aromatic carbocycles. The van der Waals surface area contributed by atoms with Crippen molar-refractivity contribution in [1.29, 1.82) is 0 Å². The number of nitrogens with one attached hydrogen (secondary N) is 1. The quantitative estimate of drug-likeness (QED) is 0.761. The molecule has 5 heteroatoms. The van der Waals surface area contributed by atoms with Crippen molar-refractivity contribution in [3.8, 4) is 5.75 Å². The number of carbonyl (C=O) groups is 2. The van der Waals surface area contributed by atoms with Crippen LogP contribution < -0.4 is 10.1 Å². The molecule has 0 aromatic heterocycles. The van der Waals surface area contributed by atoms with Crippen LogP contribution in [0.3, 0.4) is 0 Å². The number of unbranched alkanes of at least 4 members (excludes halogenated alkanes) is 1. The number of hydrogen-bond donors (Lipinski definition) is 1. The lowest BCUT2D eigenvalue weighted by molar-refractivity contribution is -0.132. The Balaban J connectivity index is 2.84. The van der Waals surface area contributed by atoms with E-state index in [0.717, 1.165) is 30.7 Å². The maximum absolute atomic E-state index is 12.5. The second-order valence-corrected chi connectivity index (χ2v) is 5.56. The highest BCUT2D eigenvalue weighted by Gasteiger charge is 2.20. The molecule has 0 spiro atoms. The van der Waals surface area contributed by atoms with Gasteiger partial charge in [-0.25, -0.2) is 0 Å². The Kier molecular flexibility index (Phi) is 8.16. The zero-order chi connectivity index (χ0) is 17.2. The van der Waals surface area contributed by atoms with Gasteiger partial charge < -0.3 is 15.0 Å². The van der Waals surface area contributed by atoms with Gasteiger partial charge in [0.15, 0.2) is 0 Å². The molecule has 23 heavy (non-hydrogen) atoms.